The molecule has 2 aliphatic heterocycles. The molecule has 1 atom stereocenters. The van der Waals surface area contributed by atoms with E-state index in [0.717, 1.165) is 45.0 Å². The molecule has 27 heavy (non-hydrogen) atoms. The molecule has 0 unspecified atom stereocenters. The summed E-state index contributed by atoms with van der Waals surface area (Å²) in [6.07, 6.45) is 2.94. The zero-order chi connectivity index (χ0) is 18.6. The molecule has 0 aliphatic carbocycles. The van der Waals surface area contributed by atoms with Gasteiger partial charge in [-0.25, -0.2) is 4.98 Å². The summed E-state index contributed by atoms with van der Waals surface area (Å²) in [5.41, 5.74) is 1.20. The Morgan fingerprint density at radius 3 is 2.63 bits per heavy atom. The zero-order valence-electron chi connectivity index (χ0n) is 15.8. The van der Waals surface area contributed by atoms with Crippen molar-refractivity contribution in [1.82, 2.24) is 9.88 Å². The van der Waals surface area contributed by atoms with Gasteiger partial charge in [-0.2, -0.15) is 0 Å². The maximum absolute atomic E-state index is 13.0. The van der Waals surface area contributed by atoms with Gasteiger partial charge in [-0.15, -0.1) is 11.8 Å². The smallest absolute Gasteiger partial charge is 0.242 e. The number of rotatable bonds is 4. The number of hydrogen-bond acceptors (Lipinski definition) is 5. The number of amides is 1. The number of nitrogens with zero attached hydrogens (tertiary/aromatic N) is 4. The van der Waals surface area contributed by atoms with Crippen LogP contribution in [-0.2, 0) is 4.79 Å². The first-order chi connectivity index (χ1) is 13.2. The highest BCUT2D eigenvalue weighted by Gasteiger charge is 2.28. The lowest BCUT2D eigenvalue weighted by Gasteiger charge is -2.39. The molecule has 2 aromatic rings. The highest BCUT2D eigenvalue weighted by atomic mass is 32.2. The van der Waals surface area contributed by atoms with Crippen LogP contribution in [0.1, 0.15) is 13.3 Å². The van der Waals surface area contributed by atoms with Gasteiger partial charge in [0.1, 0.15) is 5.82 Å². The van der Waals surface area contributed by atoms with Gasteiger partial charge in [0.15, 0.2) is 0 Å². The third kappa shape index (κ3) is 4.05. The molecule has 2 aliphatic rings. The molecule has 1 fully saturated rings. The Bertz CT molecular complexity index is 777. The maximum atomic E-state index is 13.0. The van der Waals surface area contributed by atoms with Gasteiger partial charge in [0.25, 0.3) is 0 Å². The molecule has 0 radical (unpaired) electrons. The molecule has 3 heterocycles. The summed E-state index contributed by atoms with van der Waals surface area (Å²) < 4.78 is 0. The van der Waals surface area contributed by atoms with Gasteiger partial charge in [-0.1, -0.05) is 25.1 Å². The number of fused-ring (bicyclic) bond motifs is 1. The number of thioether (sulfide) groups is 1. The molecular formula is C21H26N4OS. The topological polar surface area (TPSA) is 39.7 Å². The first-order valence-corrected chi connectivity index (χ1v) is 10.6. The van der Waals surface area contributed by atoms with E-state index in [9.17, 15) is 4.79 Å². The second kappa shape index (κ2) is 8.21. The van der Waals surface area contributed by atoms with E-state index in [-0.39, 0.29) is 5.91 Å². The van der Waals surface area contributed by atoms with E-state index in [1.807, 2.05) is 41.1 Å². The van der Waals surface area contributed by atoms with Crippen molar-refractivity contribution >= 4 is 29.2 Å². The SMILES string of the molecule is CC[C@H]1CN(CC(=O)N2CCN(c3ccccn3)CC2)c2ccccc2S1. The van der Waals surface area contributed by atoms with Gasteiger partial charge in [0, 0.05) is 49.1 Å². The predicted octanol–water partition coefficient (Wildman–Crippen LogP) is 3.12. The molecule has 1 saturated heterocycles. The summed E-state index contributed by atoms with van der Waals surface area (Å²) in [5.74, 6) is 1.23. The van der Waals surface area contributed by atoms with Crippen molar-refractivity contribution in [3.8, 4) is 0 Å². The quantitative estimate of drug-likeness (QED) is 0.813. The minimum absolute atomic E-state index is 0.229. The molecule has 1 aromatic heterocycles. The van der Waals surface area contributed by atoms with E-state index in [1.54, 1.807) is 0 Å². The van der Waals surface area contributed by atoms with Crippen molar-refractivity contribution in [2.75, 3.05) is 49.1 Å². The lowest BCUT2D eigenvalue weighted by Crippen LogP contribution is -2.52. The first-order valence-electron chi connectivity index (χ1n) is 9.69. The highest BCUT2D eigenvalue weighted by molar-refractivity contribution is 8.00. The molecule has 0 spiro atoms. The van der Waals surface area contributed by atoms with Crippen LogP contribution in [0.5, 0.6) is 0 Å². The Labute approximate surface area is 165 Å². The van der Waals surface area contributed by atoms with Gasteiger partial charge in [-0.3, -0.25) is 4.79 Å². The zero-order valence-corrected chi connectivity index (χ0v) is 16.6. The fourth-order valence-corrected chi connectivity index (χ4v) is 4.99. The Morgan fingerprint density at radius 2 is 1.89 bits per heavy atom. The minimum atomic E-state index is 0.229. The number of anilines is 2. The van der Waals surface area contributed by atoms with Crippen molar-refractivity contribution < 1.29 is 4.79 Å². The number of hydrogen-bond donors (Lipinski definition) is 0. The molecule has 1 amide bonds. The van der Waals surface area contributed by atoms with E-state index >= 15 is 0 Å². The Balaban J connectivity index is 1.38. The highest BCUT2D eigenvalue weighted by Crippen LogP contribution is 2.39. The van der Waals surface area contributed by atoms with Crippen molar-refractivity contribution in [3.05, 3.63) is 48.7 Å². The standard InChI is InChI=1S/C21H26N4OS/c1-2-17-15-25(18-7-3-4-8-19(18)27-17)16-21(26)24-13-11-23(12-14-24)20-9-5-6-10-22-20/h3-10,17H,2,11-16H2,1H3/t17-/m0/s1. The number of para-hydroxylation sites is 1. The van der Waals surface area contributed by atoms with Crippen LogP contribution < -0.4 is 9.80 Å². The second-order valence-corrected chi connectivity index (χ2v) is 8.39. The van der Waals surface area contributed by atoms with E-state index < -0.39 is 0 Å². The van der Waals surface area contributed by atoms with Crippen molar-refractivity contribution in [2.45, 2.75) is 23.5 Å². The van der Waals surface area contributed by atoms with Crippen LogP contribution in [-0.4, -0.2) is 60.3 Å². The normalized spacial score (nSPS) is 19.7. The molecule has 5 nitrogen and oxygen atoms in total. The lowest BCUT2D eigenvalue weighted by atomic mass is 10.2. The van der Waals surface area contributed by atoms with Gasteiger partial charge < -0.3 is 14.7 Å². The van der Waals surface area contributed by atoms with Crippen LogP contribution in [0.2, 0.25) is 0 Å². The minimum Gasteiger partial charge on any atom is -0.360 e. The number of piperazine rings is 1. The van der Waals surface area contributed by atoms with Gasteiger partial charge in [0.2, 0.25) is 5.91 Å². The van der Waals surface area contributed by atoms with Crippen LogP contribution in [0.25, 0.3) is 0 Å². The van der Waals surface area contributed by atoms with Gasteiger partial charge in [0.05, 0.1) is 12.2 Å². The summed E-state index contributed by atoms with van der Waals surface area (Å²) in [6, 6.07) is 14.4. The first kappa shape index (κ1) is 18.2. The molecule has 0 bridgehead atoms. The molecule has 6 heteroatoms. The largest absolute Gasteiger partial charge is 0.360 e. The number of carbonyl (C=O) groups is 1. The summed E-state index contributed by atoms with van der Waals surface area (Å²) in [6.45, 7) is 6.84. The Morgan fingerprint density at radius 1 is 1.11 bits per heavy atom. The fraction of sp³-hybridized carbons (Fsp3) is 0.429. The van der Waals surface area contributed by atoms with Crippen LogP contribution in [0.4, 0.5) is 11.5 Å². The van der Waals surface area contributed by atoms with Crippen LogP contribution >= 0.6 is 11.8 Å². The van der Waals surface area contributed by atoms with Crippen LogP contribution in [0, 0.1) is 0 Å². The third-order valence-corrected chi connectivity index (χ3v) is 6.73. The molecule has 0 saturated carbocycles. The predicted molar refractivity (Wildman–Crippen MR) is 112 cm³/mol. The van der Waals surface area contributed by atoms with Crippen molar-refractivity contribution in [2.24, 2.45) is 0 Å². The Hall–Kier alpha value is -2.21. The summed E-state index contributed by atoms with van der Waals surface area (Å²) in [5, 5.41) is 0.550. The maximum Gasteiger partial charge on any atom is 0.242 e. The summed E-state index contributed by atoms with van der Waals surface area (Å²) in [7, 11) is 0. The van der Waals surface area contributed by atoms with E-state index in [2.05, 4.69) is 46.0 Å². The van der Waals surface area contributed by atoms with E-state index in [0.29, 0.717) is 11.8 Å². The molecule has 1 aromatic carbocycles. The van der Waals surface area contributed by atoms with E-state index in [4.69, 9.17) is 0 Å². The summed E-state index contributed by atoms with van der Waals surface area (Å²) >= 11 is 1.94. The molecular weight excluding hydrogens is 356 g/mol. The third-order valence-electron chi connectivity index (χ3n) is 5.31. The molecule has 4 rings (SSSR count). The Kier molecular flexibility index (Phi) is 5.53. The van der Waals surface area contributed by atoms with Crippen LogP contribution in [0.15, 0.2) is 53.6 Å². The number of pyridine rings is 1. The molecule has 142 valence electrons. The van der Waals surface area contributed by atoms with Crippen LogP contribution in [0.3, 0.4) is 0 Å². The van der Waals surface area contributed by atoms with E-state index in [1.165, 1.54) is 10.6 Å². The number of aromatic nitrogens is 1. The number of carbonyl (C=O) groups excluding carboxylic acids is 1. The lowest BCUT2D eigenvalue weighted by molar-refractivity contribution is -0.130. The van der Waals surface area contributed by atoms with Gasteiger partial charge >= 0.3 is 0 Å². The molecule has 0 N–H and O–H groups in total. The monoisotopic (exact) mass is 382 g/mol. The van der Waals surface area contributed by atoms with Crippen molar-refractivity contribution in [1.29, 1.82) is 0 Å². The number of benzene rings is 1. The average Bonchev–Trinajstić information content (AvgIpc) is 2.74. The summed E-state index contributed by atoms with van der Waals surface area (Å²) in [4.78, 5) is 25.2. The van der Waals surface area contributed by atoms with Crippen molar-refractivity contribution in [3.63, 3.8) is 0 Å². The average molecular weight is 383 g/mol. The second-order valence-electron chi connectivity index (χ2n) is 7.05. The fourth-order valence-electron chi connectivity index (χ4n) is 3.73. The van der Waals surface area contributed by atoms with Gasteiger partial charge in [-0.05, 0) is 30.7 Å².